The lowest BCUT2D eigenvalue weighted by atomic mass is 10.1. The fourth-order valence-corrected chi connectivity index (χ4v) is 5.42. The van der Waals surface area contributed by atoms with Gasteiger partial charge < -0.3 is 10.0 Å². The fraction of sp³-hybridized carbons (Fsp3) is 0.333. The number of thiophene rings is 1. The van der Waals surface area contributed by atoms with Crippen LogP contribution in [0.4, 0.5) is 38.0 Å². The number of benzene rings is 1. The minimum absolute atomic E-state index is 0.0214. The summed E-state index contributed by atoms with van der Waals surface area (Å²) in [5, 5.41) is 17.9. The molecule has 0 amide bonds. The summed E-state index contributed by atoms with van der Waals surface area (Å²) in [5.41, 5.74) is -3.32. The number of hydrogen-bond donors (Lipinski definition) is 3. The van der Waals surface area contributed by atoms with Crippen LogP contribution in [0.1, 0.15) is 11.1 Å². The first-order valence-corrected chi connectivity index (χ1v) is 13.2. The van der Waals surface area contributed by atoms with Crippen LogP contribution in [0.25, 0.3) is 10.6 Å². The van der Waals surface area contributed by atoms with E-state index in [9.17, 15) is 39.9 Å². The molecule has 1 saturated heterocycles. The molecule has 0 radical (unpaired) electrons. The molecule has 9 nitrogen and oxygen atoms in total. The first-order chi connectivity index (χ1) is 17.6. The number of aliphatic hydroxyl groups is 1. The quantitative estimate of drug-likeness (QED) is 0.363. The Balaban J connectivity index is 1.80. The highest BCUT2D eigenvalue weighted by Crippen LogP contribution is 2.40. The van der Waals surface area contributed by atoms with E-state index in [0.717, 1.165) is 16.2 Å². The van der Waals surface area contributed by atoms with E-state index in [1.54, 1.807) is 0 Å². The van der Waals surface area contributed by atoms with E-state index >= 15 is 0 Å². The molecule has 206 valence electrons. The van der Waals surface area contributed by atoms with E-state index in [2.05, 4.69) is 15.3 Å². The number of primary sulfonamides is 1. The Labute approximate surface area is 216 Å². The van der Waals surface area contributed by atoms with Crippen molar-refractivity contribution in [2.24, 2.45) is 5.14 Å². The van der Waals surface area contributed by atoms with Crippen molar-refractivity contribution in [1.29, 1.82) is 0 Å². The van der Waals surface area contributed by atoms with Crippen molar-refractivity contribution in [3.05, 3.63) is 53.7 Å². The Morgan fingerprint density at radius 2 is 1.76 bits per heavy atom. The van der Waals surface area contributed by atoms with Crippen LogP contribution >= 0.6 is 11.3 Å². The average molecular weight is 583 g/mol. The number of nitrogens with zero attached hydrogens (tertiary/aromatic N) is 4. The summed E-state index contributed by atoms with van der Waals surface area (Å²) >= 11 is 0.786. The molecule has 1 aliphatic rings. The topological polar surface area (TPSA) is 125 Å². The summed E-state index contributed by atoms with van der Waals surface area (Å²) in [6.45, 7) is 0.666. The Morgan fingerprint density at radius 1 is 1.11 bits per heavy atom. The number of alkyl halides is 6. The summed E-state index contributed by atoms with van der Waals surface area (Å²) in [7, 11) is -4.00. The normalized spacial score (nSPS) is 17.2. The Morgan fingerprint density at radius 3 is 2.29 bits per heavy atom. The Bertz CT molecular complexity index is 1380. The molecule has 2 aromatic heterocycles. The van der Waals surface area contributed by atoms with E-state index in [1.807, 2.05) is 0 Å². The van der Waals surface area contributed by atoms with E-state index in [1.165, 1.54) is 29.3 Å². The van der Waals surface area contributed by atoms with E-state index in [-0.39, 0.29) is 35.0 Å². The minimum Gasteiger partial charge on any atom is -0.365 e. The van der Waals surface area contributed by atoms with Crippen LogP contribution in [-0.4, -0.2) is 60.9 Å². The first kappa shape index (κ1) is 28.2. The van der Waals surface area contributed by atoms with Crippen molar-refractivity contribution in [3.8, 4) is 10.6 Å². The number of rotatable bonds is 7. The molecule has 1 aliphatic heterocycles. The van der Waals surface area contributed by atoms with Crippen molar-refractivity contribution in [1.82, 2.24) is 20.2 Å². The summed E-state index contributed by atoms with van der Waals surface area (Å²) in [4.78, 5) is 11.3. The van der Waals surface area contributed by atoms with Gasteiger partial charge in [0.2, 0.25) is 16.0 Å². The van der Waals surface area contributed by atoms with Gasteiger partial charge in [-0.25, -0.2) is 23.5 Å². The standard InChI is InChI=1S/C21H20F6N6O3S2/c22-20(23,24)12-9-13(21(25,26)27)11-14(10-12)33(8-7-32-6-5-30-19(32)34)18-29-4-3-15(31-18)16-1-2-17(37-16)38(28,35)36/h1-4,9-11,19,30,34H,5-8H2,(H2,28,35,36). The van der Waals surface area contributed by atoms with Crippen LogP contribution in [0.2, 0.25) is 0 Å². The van der Waals surface area contributed by atoms with Crippen molar-refractivity contribution < 1.29 is 39.9 Å². The molecule has 0 spiro atoms. The van der Waals surface area contributed by atoms with Crippen molar-refractivity contribution in [2.45, 2.75) is 22.9 Å². The van der Waals surface area contributed by atoms with Crippen LogP contribution in [0.15, 0.2) is 46.8 Å². The maximum absolute atomic E-state index is 13.5. The van der Waals surface area contributed by atoms with Gasteiger partial charge in [-0.1, -0.05) is 0 Å². The molecule has 3 heterocycles. The summed E-state index contributed by atoms with van der Waals surface area (Å²) in [5.74, 6) is -0.234. The predicted molar refractivity (Wildman–Crippen MR) is 126 cm³/mol. The zero-order valence-corrected chi connectivity index (χ0v) is 20.8. The third kappa shape index (κ3) is 6.41. The number of aliphatic hydroxyl groups excluding tert-OH is 1. The summed E-state index contributed by atoms with van der Waals surface area (Å²) in [6, 6.07) is 5.22. The molecule has 1 fully saturated rings. The maximum Gasteiger partial charge on any atom is 0.416 e. The van der Waals surface area contributed by atoms with E-state index < -0.39 is 45.5 Å². The number of aromatic nitrogens is 2. The fourth-order valence-electron chi connectivity index (χ4n) is 3.72. The van der Waals surface area contributed by atoms with Crippen molar-refractivity contribution in [3.63, 3.8) is 0 Å². The largest absolute Gasteiger partial charge is 0.416 e. The highest BCUT2D eigenvalue weighted by Gasteiger charge is 2.38. The second-order valence-electron chi connectivity index (χ2n) is 8.19. The van der Waals surface area contributed by atoms with Crippen molar-refractivity contribution >= 4 is 33.0 Å². The molecule has 17 heteroatoms. The second-order valence-corrected chi connectivity index (χ2v) is 11.1. The molecule has 38 heavy (non-hydrogen) atoms. The molecule has 3 aromatic rings. The zero-order valence-electron chi connectivity index (χ0n) is 19.2. The predicted octanol–water partition coefficient (Wildman–Crippen LogP) is 3.21. The lowest BCUT2D eigenvalue weighted by Gasteiger charge is -2.28. The Hall–Kier alpha value is -2.83. The molecule has 0 aliphatic carbocycles. The molecule has 0 bridgehead atoms. The molecular formula is C21H20F6N6O3S2. The van der Waals surface area contributed by atoms with Gasteiger partial charge in [0.05, 0.1) is 21.7 Å². The number of sulfonamides is 1. The van der Waals surface area contributed by atoms with Crippen LogP contribution in [0.3, 0.4) is 0 Å². The number of anilines is 2. The smallest absolute Gasteiger partial charge is 0.365 e. The maximum atomic E-state index is 13.5. The average Bonchev–Trinajstić information content (AvgIpc) is 3.48. The highest BCUT2D eigenvalue weighted by atomic mass is 32.2. The number of nitrogens with two attached hydrogens (primary N) is 1. The highest BCUT2D eigenvalue weighted by molar-refractivity contribution is 7.91. The Kier molecular flexibility index (Phi) is 7.70. The number of nitrogens with one attached hydrogen (secondary N) is 1. The lowest BCUT2D eigenvalue weighted by Crippen LogP contribution is -2.40. The molecule has 0 saturated carbocycles. The number of halogens is 6. The van der Waals surface area contributed by atoms with Crippen molar-refractivity contribution in [2.75, 3.05) is 31.1 Å². The van der Waals surface area contributed by atoms with Crippen LogP contribution in [-0.2, 0) is 22.4 Å². The molecular weight excluding hydrogens is 562 g/mol. The van der Waals surface area contributed by atoms with Gasteiger partial charge in [-0.3, -0.25) is 10.2 Å². The zero-order chi connectivity index (χ0) is 27.9. The molecule has 1 atom stereocenters. The summed E-state index contributed by atoms with van der Waals surface area (Å²) < 4.78 is 104. The summed E-state index contributed by atoms with van der Waals surface area (Å²) in [6.07, 6.45) is -9.94. The van der Waals surface area contributed by atoms with Gasteiger partial charge in [0, 0.05) is 38.1 Å². The van der Waals surface area contributed by atoms with E-state index in [0.29, 0.717) is 30.1 Å². The van der Waals surface area contributed by atoms with Gasteiger partial charge in [-0.2, -0.15) is 26.3 Å². The van der Waals surface area contributed by atoms with Gasteiger partial charge in [-0.15, -0.1) is 11.3 Å². The monoisotopic (exact) mass is 582 g/mol. The van der Waals surface area contributed by atoms with Crippen LogP contribution in [0, 0.1) is 0 Å². The molecule has 4 rings (SSSR count). The second kappa shape index (κ2) is 10.4. The van der Waals surface area contributed by atoms with Gasteiger partial charge in [0.1, 0.15) is 4.21 Å². The SMILES string of the molecule is NS(=O)(=O)c1ccc(-c2ccnc(N(CCN3CCNC3O)c3cc(C(F)(F)F)cc(C(F)(F)F)c3)n2)s1. The lowest BCUT2D eigenvalue weighted by molar-refractivity contribution is -0.143. The van der Waals surface area contributed by atoms with Crippen LogP contribution in [0.5, 0.6) is 0 Å². The molecule has 4 N–H and O–H groups in total. The van der Waals surface area contributed by atoms with Crippen LogP contribution < -0.4 is 15.4 Å². The minimum atomic E-state index is -5.07. The molecule has 1 unspecified atom stereocenters. The van der Waals surface area contributed by atoms with Gasteiger partial charge in [-0.05, 0) is 36.4 Å². The first-order valence-electron chi connectivity index (χ1n) is 10.8. The third-order valence-electron chi connectivity index (χ3n) is 5.57. The van der Waals surface area contributed by atoms with Gasteiger partial charge in [0.25, 0.3) is 0 Å². The van der Waals surface area contributed by atoms with Gasteiger partial charge >= 0.3 is 12.4 Å². The van der Waals surface area contributed by atoms with Gasteiger partial charge in [0.15, 0.2) is 6.35 Å². The third-order valence-corrected chi connectivity index (χ3v) is 8.11. The number of hydrogen-bond acceptors (Lipinski definition) is 9. The molecule has 1 aromatic carbocycles. The van der Waals surface area contributed by atoms with E-state index in [4.69, 9.17) is 5.14 Å².